The molecule has 0 radical (unpaired) electrons. The minimum Gasteiger partial charge on any atom is -0.346 e. The molecule has 0 saturated carbocycles. The molecule has 0 fully saturated rings. The highest BCUT2D eigenvalue weighted by molar-refractivity contribution is 5.93. The molecule has 0 bridgehead atoms. The Bertz CT molecular complexity index is 924. The van der Waals surface area contributed by atoms with Crippen LogP contribution in [0.5, 0.6) is 0 Å². The van der Waals surface area contributed by atoms with Crippen LogP contribution in [0.2, 0.25) is 0 Å². The maximum atomic E-state index is 13.2. The number of halogens is 3. The second-order valence-corrected chi connectivity index (χ2v) is 7.92. The number of nitrogens with one attached hydrogen (secondary N) is 1. The number of hydrogen-bond acceptors (Lipinski definition) is 3. The van der Waals surface area contributed by atoms with Crippen molar-refractivity contribution in [3.8, 4) is 0 Å². The van der Waals surface area contributed by atoms with Crippen LogP contribution in [0.25, 0.3) is 0 Å². The van der Waals surface area contributed by atoms with Gasteiger partial charge >= 0.3 is 6.18 Å². The highest BCUT2D eigenvalue weighted by Crippen LogP contribution is 2.32. The van der Waals surface area contributed by atoms with E-state index in [0.717, 1.165) is 23.7 Å². The quantitative estimate of drug-likeness (QED) is 0.586. The van der Waals surface area contributed by atoms with E-state index in [1.165, 1.54) is 19.1 Å². The number of alkyl halides is 3. The molecule has 0 aliphatic carbocycles. The number of likely N-dealkylation sites (N-methyl/N-ethyl adjacent to an activating group) is 1. The van der Waals surface area contributed by atoms with Gasteiger partial charge in [0.15, 0.2) is 5.69 Å². The van der Waals surface area contributed by atoms with E-state index in [-0.39, 0.29) is 23.8 Å². The van der Waals surface area contributed by atoms with Crippen LogP contribution in [0.1, 0.15) is 59.6 Å². The molecule has 1 N–H and O–H groups in total. The number of carbonyl (C=O) groups is 2. The Morgan fingerprint density at radius 1 is 1.09 bits per heavy atom. The molecule has 0 atom stereocenters. The van der Waals surface area contributed by atoms with Crippen LogP contribution in [0, 0.1) is 6.92 Å². The van der Waals surface area contributed by atoms with Crippen LogP contribution >= 0.6 is 0 Å². The smallest absolute Gasteiger partial charge is 0.346 e. The number of aromatic nitrogens is 2. The van der Waals surface area contributed by atoms with Crippen LogP contribution < -0.4 is 0 Å². The number of hydrogen-bond donors (Lipinski definition) is 1. The summed E-state index contributed by atoms with van der Waals surface area (Å²) in [5, 5.41) is 7.08. The number of nitrogens with zero attached hydrogens (tertiary/aromatic N) is 3. The van der Waals surface area contributed by atoms with Gasteiger partial charge in [-0.1, -0.05) is 25.1 Å². The van der Waals surface area contributed by atoms with Gasteiger partial charge in [0.05, 0.1) is 5.56 Å². The lowest BCUT2D eigenvalue weighted by Crippen LogP contribution is -2.33. The highest BCUT2D eigenvalue weighted by Gasteiger charge is 2.32. The Morgan fingerprint density at radius 2 is 1.78 bits per heavy atom. The molecular weight excluding hydrogens is 421 g/mol. The lowest BCUT2D eigenvalue weighted by atomic mass is 10.0. The standard InChI is InChI=1S/C23H31F3N4O2/c1-5-13-30(14-8-10-18-9-6-7-11-19(18)23(24,25)26)22(32)21-16(2)20(27-28-21)12-15-29(4)17(3)31/h6-7,9,11H,5,8,10,12-15H2,1-4H3,(H,27,28). The van der Waals surface area contributed by atoms with Gasteiger partial charge in [0, 0.05) is 51.3 Å². The summed E-state index contributed by atoms with van der Waals surface area (Å²) in [5.74, 6) is -0.282. The summed E-state index contributed by atoms with van der Waals surface area (Å²) in [5.41, 5.74) is 1.44. The fourth-order valence-electron chi connectivity index (χ4n) is 3.53. The Labute approximate surface area is 186 Å². The summed E-state index contributed by atoms with van der Waals surface area (Å²) >= 11 is 0. The SMILES string of the molecule is CCCN(CCCc1ccccc1C(F)(F)F)C(=O)c1n[nH]c(CCN(C)C(C)=O)c1C. The maximum Gasteiger partial charge on any atom is 0.416 e. The van der Waals surface area contributed by atoms with E-state index in [9.17, 15) is 22.8 Å². The molecule has 1 aromatic heterocycles. The molecular formula is C23H31F3N4O2. The van der Waals surface area contributed by atoms with Crippen molar-refractivity contribution < 1.29 is 22.8 Å². The topological polar surface area (TPSA) is 69.3 Å². The zero-order valence-corrected chi connectivity index (χ0v) is 19.1. The monoisotopic (exact) mass is 452 g/mol. The Morgan fingerprint density at radius 3 is 2.41 bits per heavy atom. The van der Waals surface area contributed by atoms with E-state index in [1.807, 2.05) is 13.8 Å². The molecule has 2 aromatic rings. The Balaban J connectivity index is 2.05. The number of aryl methyl sites for hydroxylation is 1. The van der Waals surface area contributed by atoms with E-state index in [0.29, 0.717) is 38.2 Å². The molecule has 0 aliphatic heterocycles. The molecule has 6 nitrogen and oxygen atoms in total. The van der Waals surface area contributed by atoms with Crippen molar-refractivity contribution in [3.63, 3.8) is 0 Å². The summed E-state index contributed by atoms with van der Waals surface area (Å²) in [7, 11) is 1.71. The van der Waals surface area contributed by atoms with Gasteiger partial charge in [-0.25, -0.2) is 0 Å². The Hall–Kier alpha value is -2.84. The molecule has 1 heterocycles. The summed E-state index contributed by atoms with van der Waals surface area (Å²) in [4.78, 5) is 27.7. The molecule has 176 valence electrons. The van der Waals surface area contributed by atoms with E-state index in [2.05, 4.69) is 10.2 Å². The zero-order chi connectivity index (χ0) is 23.9. The molecule has 0 saturated heterocycles. The van der Waals surface area contributed by atoms with Gasteiger partial charge < -0.3 is 9.80 Å². The zero-order valence-electron chi connectivity index (χ0n) is 19.1. The second kappa shape index (κ2) is 11.2. The predicted octanol–water partition coefficient (Wildman–Crippen LogP) is 4.24. The first-order valence-corrected chi connectivity index (χ1v) is 10.8. The number of aromatic amines is 1. The summed E-state index contributed by atoms with van der Waals surface area (Å²) in [6.07, 6.45) is -2.48. The van der Waals surface area contributed by atoms with Gasteiger partial charge in [0.1, 0.15) is 0 Å². The number of amides is 2. The van der Waals surface area contributed by atoms with Crippen LogP contribution in [0.4, 0.5) is 13.2 Å². The number of H-pyrrole nitrogens is 1. The first-order valence-electron chi connectivity index (χ1n) is 10.8. The largest absolute Gasteiger partial charge is 0.416 e. The van der Waals surface area contributed by atoms with E-state index >= 15 is 0 Å². The van der Waals surface area contributed by atoms with E-state index < -0.39 is 11.7 Å². The second-order valence-electron chi connectivity index (χ2n) is 7.92. The van der Waals surface area contributed by atoms with Gasteiger partial charge in [-0.05, 0) is 37.8 Å². The average molecular weight is 453 g/mol. The third kappa shape index (κ3) is 6.58. The lowest BCUT2D eigenvalue weighted by Gasteiger charge is -2.22. The molecule has 2 rings (SSSR count). The average Bonchev–Trinajstić information content (AvgIpc) is 3.10. The molecule has 1 aromatic carbocycles. The Kier molecular flexibility index (Phi) is 8.86. The van der Waals surface area contributed by atoms with Crippen LogP contribution in [-0.4, -0.2) is 58.5 Å². The minimum atomic E-state index is -4.39. The fraction of sp³-hybridized carbons (Fsp3) is 0.522. The molecule has 2 amide bonds. The van der Waals surface area contributed by atoms with E-state index in [4.69, 9.17) is 0 Å². The van der Waals surface area contributed by atoms with Gasteiger partial charge in [0.25, 0.3) is 5.91 Å². The fourth-order valence-corrected chi connectivity index (χ4v) is 3.53. The number of benzene rings is 1. The van der Waals surface area contributed by atoms with Crippen molar-refractivity contribution in [2.24, 2.45) is 0 Å². The lowest BCUT2D eigenvalue weighted by molar-refractivity contribution is -0.138. The minimum absolute atomic E-state index is 0.0420. The normalized spacial score (nSPS) is 11.5. The van der Waals surface area contributed by atoms with Crippen molar-refractivity contribution in [2.45, 2.75) is 52.6 Å². The van der Waals surface area contributed by atoms with Crippen LogP contribution in [-0.2, 0) is 23.8 Å². The maximum absolute atomic E-state index is 13.2. The third-order valence-corrected chi connectivity index (χ3v) is 5.53. The number of rotatable bonds is 10. The van der Waals surface area contributed by atoms with Gasteiger partial charge in [-0.15, -0.1) is 0 Å². The van der Waals surface area contributed by atoms with E-state index in [1.54, 1.807) is 22.9 Å². The van der Waals surface area contributed by atoms with Gasteiger partial charge in [-0.2, -0.15) is 18.3 Å². The highest BCUT2D eigenvalue weighted by atomic mass is 19.4. The molecule has 32 heavy (non-hydrogen) atoms. The first-order chi connectivity index (χ1) is 15.1. The summed E-state index contributed by atoms with van der Waals surface area (Å²) in [6.45, 7) is 6.58. The number of carbonyl (C=O) groups excluding carboxylic acids is 2. The molecule has 0 aliphatic rings. The third-order valence-electron chi connectivity index (χ3n) is 5.53. The van der Waals surface area contributed by atoms with Crippen molar-refractivity contribution >= 4 is 11.8 Å². The van der Waals surface area contributed by atoms with Crippen molar-refractivity contribution in [3.05, 3.63) is 52.3 Å². The molecule has 0 unspecified atom stereocenters. The predicted molar refractivity (Wildman–Crippen MR) is 116 cm³/mol. The first kappa shape index (κ1) is 25.4. The summed E-state index contributed by atoms with van der Waals surface area (Å²) in [6, 6.07) is 5.54. The van der Waals surface area contributed by atoms with Crippen molar-refractivity contribution in [1.29, 1.82) is 0 Å². The van der Waals surface area contributed by atoms with Crippen LogP contribution in [0.15, 0.2) is 24.3 Å². The molecule has 0 spiro atoms. The van der Waals surface area contributed by atoms with Gasteiger partial charge in [0.2, 0.25) is 5.91 Å². The summed E-state index contributed by atoms with van der Waals surface area (Å²) < 4.78 is 39.6. The van der Waals surface area contributed by atoms with Gasteiger partial charge in [-0.3, -0.25) is 14.7 Å². The van der Waals surface area contributed by atoms with Crippen LogP contribution in [0.3, 0.4) is 0 Å². The van der Waals surface area contributed by atoms with Crippen molar-refractivity contribution in [1.82, 2.24) is 20.0 Å². The van der Waals surface area contributed by atoms with Crippen molar-refractivity contribution in [2.75, 3.05) is 26.7 Å². The molecule has 9 heteroatoms.